The van der Waals surface area contributed by atoms with Gasteiger partial charge in [0.25, 0.3) is 0 Å². The van der Waals surface area contributed by atoms with E-state index in [-0.39, 0.29) is 12.5 Å². The molecule has 0 aliphatic carbocycles. The van der Waals surface area contributed by atoms with Crippen LogP contribution in [0.5, 0.6) is 5.75 Å². The molecule has 134 valence electrons. The van der Waals surface area contributed by atoms with Gasteiger partial charge in [0.2, 0.25) is 5.91 Å². The predicted molar refractivity (Wildman–Crippen MR) is 85.9 cm³/mol. The zero-order valence-corrected chi connectivity index (χ0v) is 13.7. The molecule has 25 heavy (non-hydrogen) atoms. The summed E-state index contributed by atoms with van der Waals surface area (Å²) >= 11 is 0. The summed E-state index contributed by atoms with van der Waals surface area (Å²) in [4.78, 5) is 12.1. The molecule has 0 unspecified atom stereocenters. The summed E-state index contributed by atoms with van der Waals surface area (Å²) in [5.41, 5.74) is -0.990. The van der Waals surface area contributed by atoms with Crippen molar-refractivity contribution in [1.29, 1.82) is 0 Å². The molecule has 0 spiro atoms. The van der Waals surface area contributed by atoms with Gasteiger partial charge in [0.1, 0.15) is 11.6 Å². The first-order valence-electron chi connectivity index (χ1n) is 7.58. The molecule has 0 aliphatic heterocycles. The standard InChI is InChI=1S/C18H17F4NO2/c1-11(2)25-16-6-4-3-5-12(16)9-17(24)23-15-10-13(18(20,21)22)7-8-14(15)19/h3-8,10-11H,9H2,1-2H3,(H,23,24). The molecule has 1 amide bonds. The monoisotopic (exact) mass is 355 g/mol. The third-order valence-electron chi connectivity index (χ3n) is 3.25. The summed E-state index contributed by atoms with van der Waals surface area (Å²) in [5.74, 6) is -1.08. The Hall–Kier alpha value is -2.57. The Balaban J connectivity index is 2.16. The van der Waals surface area contributed by atoms with E-state index < -0.39 is 29.2 Å². The first kappa shape index (κ1) is 18.8. The SMILES string of the molecule is CC(C)Oc1ccccc1CC(=O)Nc1cc(C(F)(F)F)ccc1F. The highest BCUT2D eigenvalue weighted by Gasteiger charge is 2.31. The Morgan fingerprint density at radius 2 is 1.84 bits per heavy atom. The highest BCUT2D eigenvalue weighted by Crippen LogP contribution is 2.32. The number of carbonyl (C=O) groups excluding carboxylic acids is 1. The molecule has 0 bridgehead atoms. The molecular weight excluding hydrogens is 338 g/mol. The van der Waals surface area contributed by atoms with E-state index in [0.29, 0.717) is 29.5 Å². The average molecular weight is 355 g/mol. The van der Waals surface area contributed by atoms with E-state index in [2.05, 4.69) is 5.32 Å². The van der Waals surface area contributed by atoms with Crippen molar-refractivity contribution < 1.29 is 27.1 Å². The number of anilines is 1. The van der Waals surface area contributed by atoms with Crippen molar-refractivity contribution in [1.82, 2.24) is 0 Å². The molecule has 2 aromatic carbocycles. The van der Waals surface area contributed by atoms with Crippen molar-refractivity contribution in [3.8, 4) is 5.75 Å². The minimum Gasteiger partial charge on any atom is -0.491 e. The van der Waals surface area contributed by atoms with Crippen LogP contribution in [0.4, 0.5) is 23.2 Å². The maximum absolute atomic E-state index is 13.7. The van der Waals surface area contributed by atoms with Gasteiger partial charge in [-0.05, 0) is 38.1 Å². The van der Waals surface area contributed by atoms with E-state index in [1.54, 1.807) is 24.3 Å². The molecule has 7 heteroatoms. The summed E-state index contributed by atoms with van der Waals surface area (Å²) in [6.45, 7) is 3.66. The summed E-state index contributed by atoms with van der Waals surface area (Å²) in [6.07, 6.45) is -4.88. The van der Waals surface area contributed by atoms with E-state index >= 15 is 0 Å². The van der Waals surface area contributed by atoms with Gasteiger partial charge in [0.05, 0.1) is 23.8 Å². The van der Waals surface area contributed by atoms with Crippen molar-refractivity contribution in [3.05, 3.63) is 59.4 Å². The maximum atomic E-state index is 13.7. The first-order chi connectivity index (χ1) is 11.7. The van der Waals surface area contributed by atoms with Crippen LogP contribution in [-0.4, -0.2) is 12.0 Å². The lowest BCUT2D eigenvalue weighted by Crippen LogP contribution is -2.17. The highest BCUT2D eigenvalue weighted by atomic mass is 19.4. The third-order valence-corrected chi connectivity index (χ3v) is 3.25. The number of alkyl halides is 3. The van der Waals surface area contributed by atoms with Crippen LogP contribution in [-0.2, 0) is 17.4 Å². The minimum atomic E-state index is -4.62. The van der Waals surface area contributed by atoms with E-state index in [1.807, 2.05) is 13.8 Å². The molecule has 0 radical (unpaired) electrons. The number of hydrogen-bond donors (Lipinski definition) is 1. The Morgan fingerprint density at radius 3 is 2.48 bits per heavy atom. The fourth-order valence-electron chi connectivity index (χ4n) is 2.18. The number of amides is 1. The molecule has 0 saturated carbocycles. The van der Waals surface area contributed by atoms with Gasteiger partial charge in [-0.25, -0.2) is 4.39 Å². The van der Waals surface area contributed by atoms with Gasteiger partial charge in [-0.1, -0.05) is 18.2 Å². The molecule has 0 fully saturated rings. The van der Waals surface area contributed by atoms with Gasteiger partial charge < -0.3 is 10.1 Å². The van der Waals surface area contributed by atoms with Crippen LogP contribution in [0.2, 0.25) is 0 Å². The average Bonchev–Trinajstić information content (AvgIpc) is 2.50. The predicted octanol–water partition coefficient (Wildman–Crippen LogP) is 4.81. The zero-order valence-electron chi connectivity index (χ0n) is 13.7. The molecule has 2 aromatic rings. The molecule has 0 aromatic heterocycles. The number of halogens is 4. The number of carbonyl (C=O) groups is 1. The lowest BCUT2D eigenvalue weighted by molar-refractivity contribution is -0.137. The Bertz CT molecular complexity index is 757. The zero-order chi connectivity index (χ0) is 18.6. The second kappa shape index (κ2) is 7.55. The number of nitrogens with one attached hydrogen (secondary N) is 1. The summed E-state index contributed by atoms with van der Waals surface area (Å²) in [7, 11) is 0. The van der Waals surface area contributed by atoms with Crippen molar-refractivity contribution in [2.24, 2.45) is 0 Å². The number of benzene rings is 2. The van der Waals surface area contributed by atoms with Crippen molar-refractivity contribution in [2.45, 2.75) is 32.5 Å². The van der Waals surface area contributed by atoms with Crippen molar-refractivity contribution in [2.75, 3.05) is 5.32 Å². The van der Waals surface area contributed by atoms with E-state index in [1.165, 1.54) is 0 Å². The Kier molecular flexibility index (Phi) is 5.66. The van der Waals surface area contributed by atoms with Crippen LogP contribution >= 0.6 is 0 Å². The van der Waals surface area contributed by atoms with Gasteiger partial charge in [-0.2, -0.15) is 13.2 Å². The number of hydrogen-bond acceptors (Lipinski definition) is 2. The van der Waals surface area contributed by atoms with Gasteiger partial charge >= 0.3 is 6.18 Å². The van der Waals surface area contributed by atoms with Crippen LogP contribution in [0.1, 0.15) is 25.0 Å². The smallest absolute Gasteiger partial charge is 0.416 e. The lowest BCUT2D eigenvalue weighted by atomic mass is 10.1. The third kappa shape index (κ3) is 5.20. The fourth-order valence-corrected chi connectivity index (χ4v) is 2.18. The maximum Gasteiger partial charge on any atom is 0.416 e. The molecule has 0 aliphatic rings. The van der Waals surface area contributed by atoms with Crippen LogP contribution in [0.3, 0.4) is 0 Å². The molecule has 1 N–H and O–H groups in total. The Labute approximate surface area is 142 Å². The molecule has 0 heterocycles. The van der Waals surface area contributed by atoms with Gasteiger partial charge in [0.15, 0.2) is 0 Å². The quantitative estimate of drug-likeness (QED) is 0.782. The normalized spacial score (nSPS) is 11.5. The Morgan fingerprint density at radius 1 is 1.16 bits per heavy atom. The number of para-hydroxylation sites is 1. The van der Waals surface area contributed by atoms with Crippen LogP contribution in [0, 0.1) is 5.82 Å². The lowest BCUT2D eigenvalue weighted by Gasteiger charge is -2.14. The summed E-state index contributed by atoms with van der Waals surface area (Å²) in [5, 5.41) is 2.18. The number of rotatable bonds is 5. The van der Waals surface area contributed by atoms with Crippen LogP contribution < -0.4 is 10.1 Å². The summed E-state index contributed by atoms with van der Waals surface area (Å²) in [6, 6.07) is 8.67. The van der Waals surface area contributed by atoms with Gasteiger partial charge in [0, 0.05) is 5.56 Å². The van der Waals surface area contributed by atoms with Crippen molar-refractivity contribution in [3.63, 3.8) is 0 Å². The minimum absolute atomic E-state index is 0.106. The number of ether oxygens (including phenoxy) is 1. The highest BCUT2D eigenvalue weighted by molar-refractivity contribution is 5.92. The topological polar surface area (TPSA) is 38.3 Å². The molecule has 0 saturated heterocycles. The van der Waals surface area contributed by atoms with Gasteiger partial charge in [-0.15, -0.1) is 0 Å². The molecule has 2 rings (SSSR count). The second-order valence-electron chi connectivity index (χ2n) is 5.69. The molecule has 3 nitrogen and oxygen atoms in total. The van der Waals surface area contributed by atoms with E-state index in [9.17, 15) is 22.4 Å². The largest absolute Gasteiger partial charge is 0.491 e. The summed E-state index contributed by atoms with van der Waals surface area (Å²) < 4.78 is 57.4. The van der Waals surface area contributed by atoms with E-state index in [4.69, 9.17) is 4.74 Å². The van der Waals surface area contributed by atoms with Gasteiger partial charge in [-0.3, -0.25) is 4.79 Å². The van der Waals surface area contributed by atoms with Crippen LogP contribution in [0.25, 0.3) is 0 Å². The van der Waals surface area contributed by atoms with Crippen molar-refractivity contribution >= 4 is 11.6 Å². The fraction of sp³-hybridized carbons (Fsp3) is 0.278. The van der Waals surface area contributed by atoms with E-state index in [0.717, 1.165) is 0 Å². The molecule has 0 atom stereocenters. The second-order valence-corrected chi connectivity index (χ2v) is 5.69. The van der Waals surface area contributed by atoms with Crippen LogP contribution in [0.15, 0.2) is 42.5 Å². The molecular formula is C18H17F4NO2. The first-order valence-corrected chi connectivity index (χ1v) is 7.58.